The van der Waals surface area contributed by atoms with Crippen LogP contribution in [0.2, 0.25) is 0 Å². The summed E-state index contributed by atoms with van der Waals surface area (Å²) >= 11 is 0. The lowest BCUT2D eigenvalue weighted by molar-refractivity contribution is 0.0992. The van der Waals surface area contributed by atoms with E-state index in [1.54, 1.807) is 30.3 Å². The van der Waals surface area contributed by atoms with Gasteiger partial charge >= 0.3 is 0 Å². The minimum Gasteiger partial charge on any atom is -0.490 e. The van der Waals surface area contributed by atoms with Crippen molar-refractivity contribution >= 4 is 11.6 Å². The average Bonchev–Trinajstić information content (AvgIpc) is 3.19. The van der Waals surface area contributed by atoms with Crippen LogP contribution in [0.15, 0.2) is 65.1 Å². The Balaban J connectivity index is 1.63. The predicted octanol–water partition coefficient (Wildman–Crippen LogP) is 4.91. The molecule has 0 fully saturated rings. The summed E-state index contributed by atoms with van der Waals surface area (Å²) in [5, 5.41) is 2.80. The average molecular weight is 381 g/mol. The van der Waals surface area contributed by atoms with Gasteiger partial charge in [0.25, 0.3) is 5.91 Å². The molecule has 0 aliphatic rings. The van der Waals surface area contributed by atoms with Crippen LogP contribution in [0, 0.1) is 0 Å². The van der Waals surface area contributed by atoms with Crippen LogP contribution in [-0.4, -0.2) is 19.1 Å². The summed E-state index contributed by atoms with van der Waals surface area (Å²) in [6.45, 7) is 5.07. The summed E-state index contributed by atoms with van der Waals surface area (Å²) in [5.41, 5.74) is 0.593. The van der Waals surface area contributed by atoms with Gasteiger partial charge in [-0.05, 0) is 50.2 Å². The van der Waals surface area contributed by atoms with Gasteiger partial charge in [-0.1, -0.05) is 18.2 Å². The van der Waals surface area contributed by atoms with Gasteiger partial charge in [-0.25, -0.2) is 0 Å². The highest BCUT2D eigenvalue weighted by Crippen LogP contribution is 2.31. The molecule has 1 N–H and O–H groups in total. The number of rotatable bonds is 9. The van der Waals surface area contributed by atoms with Gasteiger partial charge in [-0.15, -0.1) is 0 Å². The van der Waals surface area contributed by atoms with Crippen molar-refractivity contribution in [2.24, 2.45) is 0 Å². The van der Waals surface area contributed by atoms with E-state index in [1.165, 1.54) is 0 Å². The maximum atomic E-state index is 12.5. The molecular formula is C22H23NO5. The van der Waals surface area contributed by atoms with E-state index in [1.807, 2.05) is 44.2 Å². The van der Waals surface area contributed by atoms with Gasteiger partial charge in [0.2, 0.25) is 0 Å². The fourth-order valence-electron chi connectivity index (χ4n) is 2.57. The number of benzene rings is 2. The van der Waals surface area contributed by atoms with Crippen molar-refractivity contribution in [2.45, 2.75) is 20.5 Å². The van der Waals surface area contributed by atoms with Crippen LogP contribution < -0.4 is 19.5 Å². The third-order valence-electron chi connectivity index (χ3n) is 3.81. The highest BCUT2D eigenvalue weighted by atomic mass is 16.5. The number of anilines is 1. The monoisotopic (exact) mass is 381 g/mol. The largest absolute Gasteiger partial charge is 0.490 e. The van der Waals surface area contributed by atoms with Gasteiger partial charge in [0.15, 0.2) is 17.3 Å². The van der Waals surface area contributed by atoms with Gasteiger partial charge in [0, 0.05) is 11.8 Å². The predicted molar refractivity (Wildman–Crippen MR) is 106 cm³/mol. The topological polar surface area (TPSA) is 69.9 Å². The second-order valence-electron chi connectivity index (χ2n) is 5.85. The number of hydrogen-bond donors (Lipinski definition) is 1. The van der Waals surface area contributed by atoms with Crippen molar-refractivity contribution in [3.05, 3.63) is 72.2 Å². The third kappa shape index (κ3) is 5.07. The van der Waals surface area contributed by atoms with E-state index in [-0.39, 0.29) is 18.3 Å². The normalized spacial score (nSPS) is 10.4. The second kappa shape index (κ2) is 9.50. The molecule has 0 unspecified atom stereocenters. The first-order valence-electron chi connectivity index (χ1n) is 9.17. The smallest absolute Gasteiger partial charge is 0.291 e. The number of carbonyl (C=O) groups is 1. The SMILES string of the molecule is CCOc1ccc(NC(=O)c2ccc(COc3ccccc3)o2)cc1OCC. The molecule has 3 aromatic rings. The zero-order valence-corrected chi connectivity index (χ0v) is 15.9. The zero-order chi connectivity index (χ0) is 19.8. The lowest BCUT2D eigenvalue weighted by Crippen LogP contribution is -2.11. The summed E-state index contributed by atoms with van der Waals surface area (Å²) in [7, 11) is 0. The standard InChI is InChI=1S/C22H23NO5/c1-3-25-19-12-10-16(14-21(19)26-4-2)23-22(24)20-13-11-18(28-20)15-27-17-8-6-5-7-9-17/h5-14H,3-4,15H2,1-2H3,(H,23,24). The Morgan fingerprint density at radius 1 is 0.893 bits per heavy atom. The van der Waals surface area contributed by atoms with Crippen LogP contribution in [0.4, 0.5) is 5.69 Å². The minimum atomic E-state index is -0.349. The fourth-order valence-corrected chi connectivity index (χ4v) is 2.57. The summed E-state index contributed by atoms with van der Waals surface area (Å²) in [5.74, 6) is 2.38. The molecule has 0 atom stereocenters. The van der Waals surface area contributed by atoms with Crippen molar-refractivity contribution in [3.8, 4) is 17.2 Å². The van der Waals surface area contributed by atoms with Crippen molar-refractivity contribution in [2.75, 3.05) is 18.5 Å². The molecular weight excluding hydrogens is 358 g/mol. The molecule has 1 heterocycles. The van der Waals surface area contributed by atoms with Crippen LogP contribution in [-0.2, 0) is 6.61 Å². The molecule has 1 aromatic heterocycles. The van der Waals surface area contributed by atoms with Crippen molar-refractivity contribution in [3.63, 3.8) is 0 Å². The van der Waals surface area contributed by atoms with E-state index in [0.29, 0.717) is 36.2 Å². The van der Waals surface area contributed by atoms with Crippen LogP contribution in [0.5, 0.6) is 17.2 Å². The Hall–Kier alpha value is -3.41. The molecule has 0 aliphatic carbocycles. The molecule has 0 saturated heterocycles. The first-order valence-corrected chi connectivity index (χ1v) is 9.17. The fraction of sp³-hybridized carbons (Fsp3) is 0.227. The Labute approximate surface area is 164 Å². The van der Waals surface area contributed by atoms with Crippen LogP contribution in [0.1, 0.15) is 30.2 Å². The number of hydrogen-bond acceptors (Lipinski definition) is 5. The Bertz CT molecular complexity index is 904. The molecule has 0 radical (unpaired) electrons. The Kier molecular flexibility index (Phi) is 6.57. The molecule has 1 amide bonds. The van der Waals surface area contributed by atoms with Crippen molar-refractivity contribution in [1.29, 1.82) is 0 Å². The number of ether oxygens (including phenoxy) is 3. The molecule has 6 heteroatoms. The third-order valence-corrected chi connectivity index (χ3v) is 3.81. The van der Waals surface area contributed by atoms with Crippen LogP contribution >= 0.6 is 0 Å². The first-order chi connectivity index (χ1) is 13.7. The van der Waals surface area contributed by atoms with Gasteiger partial charge < -0.3 is 23.9 Å². The Morgan fingerprint density at radius 3 is 2.39 bits per heavy atom. The van der Waals surface area contributed by atoms with E-state index in [4.69, 9.17) is 18.6 Å². The minimum absolute atomic E-state index is 0.207. The van der Waals surface area contributed by atoms with E-state index in [9.17, 15) is 4.79 Å². The summed E-state index contributed by atoms with van der Waals surface area (Å²) in [4.78, 5) is 12.5. The lowest BCUT2D eigenvalue weighted by atomic mass is 10.2. The molecule has 2 aromatic carbocycles. The maximum Gasteiger partial charge on any atom is 0.291 e. The maximum absolute atomic E-state index is 12.5. The molecule has 3 rings (SSSR count). The quantitative estimate of drug-likeness (QED) is 0.570. The van der Waals surface area contributed by atoms with Crippen molar-refractivity contribution < 1.29 is 23.4 Å². The number of furan rings is 1. The van der Waals surface area contributed by atoms with E-state index < -0.39 is 0 Å². The highest BCUT2D eigenvalue weighted by Gasteiger charge is 2.14. The number of amides is 1. The number of carbonyl (C=O) groups excluding carboxylic acids is 1. The Morgan fingerprint density at radius 2 is 1.64 bits per heavy atom. The highest BCUT2D eigenvalue weighted by molar-refractivity contribution is 6.02. The lowest BCUT2D eigenvalue weighted by Gasteiger charge is -2.12. The first kappa shape index (κ1) is 19.4. The van der Waals surface area contributed by atoms with E-state index in [2.05, 4.69) is 5.32 Å². The molecule has 0 bridgehead atoms. The van der Waals surface area contributed by atoms with Crippen LogP contribution in [0.3, 0.4) is 0 Å². The summed E-state index contributed by atoms with van der Waals surface area (Å²) in [6, 6.07) is 18.0. The van der Waals surface area contributed by atoms with Crippen LogP contribution in [0.25, 0.3) is 0 Å². The number of para-hydroxylation sites is 1. The van der Waals surface area contributed by atoms with E-state index in [0.717, 1.165) is 5.75 Å². The molecule has 0 spiro atoms. The van der Waals surface area contributed by atoms with Gasteiger partial charge in [0.1, 0.15) is 18.1 Å². The molecule has 28 heavy (non-hydrogen) atoms. The molecule has 146 valence electrons. The number of nitrogens with one attached hydrogen (secondary N) is 1. The van der Waals surface area contributed by atoms with Crippen molar-refractivity contribution in [1.82, 2.24) is 0 Å². The van der Waals surface area contributed by atoms with Gasteiger partial charge in [-0.3, -0.25) is 4.79 Å². The van der Waals surface area contributed by atoms with E-state index >= 15 is 0 Å². The molecule has 6 nitrogen and oxygen atoms in total. The van der Waals surface area contributed by atoms with Gasteiger partial charge in [-0.2, -0.15) is 0 Å². The second-order valence-corrected chi connectivity index (χ2v) is 5.85. The summed E-state index contributed by atoms with van der Waals surface area (Å²) < 4.78 is 22.3. The zero-order valence-electron chi connectivity index (χ0n) is 15.9. The van der Waals surface area contributed by atoms with Gasteiger partial charge in [0.05, 0.1) is 13.2 Å². The molecule has 0 aliphatic heterocycles. The molecule has 0 saturated carbocycles. The summed E-state index contributed by atoms with van der Waals surface area (Å²) in [6.07, 6.45) is 0.